The summed E-state index contributed by atoms with van der Waals surface area (Å²) in [7, 11) is -0.748. The fourth-order valence-electron chi connectivity index (χ4n) is 2.06. The Morgan fingerprint density at radius 2 is 2.05 bits per heavy atom. The van der Waals surface area contributed by atoms with Gasteiger partial charge in [0.05, 0.1) is 12.8 Å². The van der Waals surface area contributed by atoms with E-state index >= 15 is 0 Å². The van der Waals surface area contributed by atoms with E-state index in [9.17, 15) is 8.42 Å². The average Bonchev–Trinajstić information content (AvgIpc) is 2.79. The summed E-state index contributed by atoms with van der Waals surface area (Å²) in [5.74, 6) is 0.912. The lowest BCUT2D eigenvalue weighted by Crippen LogP contribution is -2.27. The Kier molecular flexibility index (Phi) is 4.93. The van der Waals surface area contributed by atoms with Crippen LogP contribution >= 0.6 is 15.9 Å². The summed E-state index contributed by atoms with van der Waals surface area (Å²) in [5.41, 5.74) is 1.45. The molecular weight excluding hydrogens is 372 g/mol. The highest BCUT2D eigenvalue weighted by atomic mass is 79.9. The van der Waals surface area contributed by atoms with Gasteiger partial charge in [0.15, 0.2) is 0 Å². The Labute approximate surface area is 138 Å². The molecule has 0 aliphatic rings. The maximum atomic E-state index is 12.8. The second-order valence-electron chi connectivity index (χ2n) is 4.86. The molecule has 1 aromatic heterocycles. The van der Waals surface area contributed by atoms with Gasteiger partial charge < -0.3 is 9.26 Å². The molecule has 0 atom stereocenters. The molecular formula is C14H17BrN2O4S. The first-order valence-electron chi connectivity index (χ1n) is 6.49. The number of benzene rings is 1. The van der Waals surface area contributed by atoms with Crippen molar-refractivity contribution >= 4 is 26.0 Å². The molecule has 0 fully saturated rings. The molecule has 6 nitrogen and oxygen atoms in total. The van der Waals surface area contributed by atoms with E-state index in [0.29, 0.717) is 21.7 Å². The number of sulfonamides is 1. The van der Waals surface area contributed by atoms with Gasteiger partial charge in [-0.1, -0.05) is 21.1 Å². The first kappa shape index (κ1) is 17.0. The minimum absolute atomic E-state index is 0.110. The fraction of sp³-hybridized carbons (Fsp3) is 0.357. The van der Waals surface area contributed by atoms with Gasteiger partial charge in [-0.25, -0.2) is 8.42 Å². The van der Waals surface area contributed by atoms with Crippen molar-refractivity contribution < 1.29 is 17.7 Å². The highest BCUT2D eigenvalue weighted by Crippen LogP contribution is 2.30. The molecule has 0 aliphatic carbocycles. The Bertz CT molecular complexity index is 767. The lowest BCUT2D eigenvalue weighted by molar-refractivity contribution is 0.388. The molecule has 0 radical (unpaired) electrons. The molecule has 0 saturated heterocycles. The molecule has 2 rings (SSSR count). The van der Waals surface area contributed by atoms with Crippen molar-refractivity contribution in [2.24, 2.45) is 0 Å². The monoisotopic (exact) mass is 388 g/mol. The van der Waals surface area contributed by atoms with Gasteiger partial charge in [-0.3, -0.25) is 0 Å². The first-order valence-corrected chi connectivity index (χ1v) is 8.72. The summed E-state index contributed by atoms with van der Waals surface area (Å²) in [6, 6.07) is 4.87. The maximum absolute atomic E-state index is 12.8. The van der Waals surface area contributed by atoms with Gasteiger partial charge in [0.2, 0.25) is 10.0 Å². The highest BCUT2D eigenvalue weighted by molar-refractivity contribution is 9.10. The topological polar surface area (TPSA) is 72.6 Å². The van der Waals surface area contributed by atoms with Gasteiger partial charge in [0.1, 0.15) is 16.4 Å². The summed E-state index contributed by atoms with van der Waals surface area (Å²) < 4.78 is 37.7. The molecule has 1 aromatic carbocycles. The van der Waals surface area contributed by atoms with E-state index in [1.165, 1.54) is 24.5 Å². The number of hydrogen-bond acceptors (Lipinski definition) is 5. The van der Waals surface area contributed by atoms with Crippen LogP contribution in [0.3, 0.4) is 0 Å². The second kappa shape index (κ2) is 6.39. The van der Waals surface area contributed by atoms with Crippen LogP contribution in [0.2, 0.25) is 0 Å². The number of halogens is 1. The maximum Gasteiger partial charge on any atom is 0.246 e. The Morgan fingerprint density at radius 3 is 2.59 bits per heavy atom. The van der Waals surface area contributed by atoms with E-state index < -0.39 is 10.0 Å². The van der Waals surface area contributed by atoms with E-state index in [1.54, 1.807) is 26.0 Å². The second-order valence-corrected chi connectivity index (χ2v) is 7.79. The summed E-state index contributed by atoms with van der Waals surface area (Å²) in [4.78, 5) is 0.110. The Morgan fingerprint density at radius 1 is 1.36 bits per heavy atom. The summed E-state index contributed by atoms with van der Waals surface area (Å²) in [6.07, 6.45) is 0. The van der Waals surface area contributed by atoms with E-state index in [-0.39, 0.29) is 11.4 Å². The van der Waals surface area contributed by atoms with Gasteiger partial charge in [-0.15, -0.1) is 0 Å². The molecule has 22 heavy (non-hydrogen) atoms. The lowest BCUT2D eigenvalue weighted by Gasteiger charge is -2.19. The fourth-order valence-corrected chi connectivity index (χ4v) is 3.88. The zero-order valence-electron chi connectivity index (χ0n) is 12.8. The van der Waals surface area contributed by atoms with Crippen LogP contribution in [-0.2, 0) is 16.6 Å². The number of rotatable bonds is 5. The van der Waals surface area contributed by atoms with Crippen molar-refractivity contribution in [2.75, 3.05) is 14.2 Å². The number of aromatic nitrogens is 1. The molecule has 2 aromatic rings. The third-order valence-electron chi connectivity index (χ3n) is 3.38. The summed E-state index contributed by atoms with van der Waals surface area (Å²) in [6.45, 7) is 3.72. The van der Waals surface area contributed by atoms with Crippen LogP contribution < -0.4 is 4.74 Å². The molecule has 0 bridgehead atoms. The van der Waals surface area contributed by atoms with Gasteiger partial charge in [0, 0.05) is 23.6 Å². The SMILES string of the molecule is COc1ccc(Br)cc1S(=O)(=O)N(C)Cc1c(C)noc1C. The number of methoxy groups -OCH3 is 1. The third-order valence-corrected chi connectivity index (χ3v) is 5.69. The van der Waals surface area contributed by atoms with Crippen LogP contribution in [0.5, 0.6) is 5.75 Å². The van der Waals surface area contributed by atoms with E-state index in [4.69, 9.17) is 9.26 Å². The third kappa shape index (κ3) is 3.18. The van der Waals surface area contributed by atoms with Crippen LogP contribution in [0.15, 0.2) is 32.1 Å². The van der Waals surface area contributed by atoms with Gasteiger partial charge in [-0.2, -0.15) is 4.31 Å². The van der Waals surface area contributed by atoms with Crippen LogP contribution in [0.1, 0.15) is 17.0 Å². The number of hydrogen-bond donors (Lipinski definition) is 0. The van der Waals surface area contributed by atoms with Crippen LogP contribution in [-0.4, -0.2) is 32.0 Å². The number of nitrogens with zero attached hydrogens (tertiary/aromatic N) is 2. The standard InChI is InChI=1S/C14H17BrN2O4S/c1-9-12(10(2)21-16-9)8-17(3)22(18,19)14-7-11(15)5-6-13(14)20-4/h5-7H,8H2,1-4H3. The predicted octanol–water partition coefficient (Wildman–Crippen LogP) is 2.88. The zero-order valence-corrected chi connectivity index (χ0v) is 15.2. The van der Waals surface area contributed by atoms with Crippen molar-refractivity contribution in [1.29, 1.82) is 0 Å². The Hall–Kier alpha value is -1.38. The molecule has 120 valence electrons. The quantitative estimate of drug-likeness (QED) is 0.787. The smallest absolute Gasteiger partial charge is 0.246 e. The van der Waals surface area contributed by atoms with Gasteiger partial charge in [0.25, 0.3) is 0 Å². The molecule has 8 heteroatoms. The molecule has 0 saturated carbocycles. The lowest BCUT2D eigenvalue weighted by atomic mass is 10.2. The van der Waals surface area contributed by atoms with Crippen molar-refractivity contribution in [3.8, 4) is 5.75 Å². The van der Waals surface area contributed by atoms with Gasteiger partial charge in [-0.05, 0) is 32.0 Å². The molecule has 0 spiro atoms. The molecule has 0 amide bonds. The number of ether oxygens (including phenoxy) is 1. The van der Waals surface area contributed by atoms with Crippen molar-refractivity contribution in [3.63, 3.8) is 0 Å². The minimum Gasteiger partial charge on any atom is -0.495 e. The van der Waals surface area contributed by atoms with Crippen molar-refractivity contribution in [3.05, 3.63) is 39.7 Å². The first-order chi connectivity index (χ1) is 10.3. The normalized spacial score (nSPS) is 11.9. The van der Waals surface area contributed by atoms with Crippen LogP contribution in [0, 0.1) is 13.8 Å². The van der Waals surface area contributed by atoms with Crippen LogP contribution in [0.25, 0.3) is 0 Å². The summed E-state index contributed by atoms with van der Waals surface area (Å²) >= 11 is 3.29. The predicted molar refractivity (Wildman–Crippen MR) is 85.3 cm³/mol. The molecule has 0 unspecified atom stereocenters. The van der Waals surface area contributed by atoms with E-state index in [1.807, 2.05) is 0 Å². The largest absolute Gasteiger partial charge is 0.495 e. The molecule has 0 N–H and O–H groups in total. The van der Waals surface area contributed by atoms with Gasteiger partial charge >= 0.3 is 0 Å². The number of aryl methyl sites for hydroxylation is 2. The average molecular weight is 389 g/mol. The minimum atomic E-state index is -3.70. The van der Waals surface area contributed by atoms with Crippen molar-refractivity contribution in [2.45, 2.75) is 25.3 Å². The van der Waals surface area contributed by atoms with Crippen molar-refractivity contribution in [1.82, 2.24) is 9.46 Å². The van der Waals surface area contributed by atoms with E-state index in [2.05, 4.69) is 21.1 Å². The molecule has 0 aliphatic heterocycles. The van der Waals surface area contributed by atoms with E-state index in [0.717, 1.165) is 5.56 Å². The summed E-state index contributed by atoms with van der Waals surface area (Å²) in [5, 5.41) is 3.84. The molecule has 1 heterocycles. The Balaban J connectivity index is 2.40. The van der Waals surface area contributed by atoms with Crippen LogP contribution in [0.4, 0.5) is 0 Å². The zero-order chi connectivity index (χ0) is 16.5. The highest BCUT2D eigenvalue weighted by Gasteiger charge is 2.27.